The minimum atomic E-state index is -0.672. The van der Waals surface area contributed by atoms with Gasteiger partial charge < -0.3 is 19.3 Å². The van der Waals surface area contributed by atoms with E-state index < -0.39 is 11.9 Å². The van der Waals surface area contributed by atoms with Crippen molar-refractivity contribution in [2.45, 2.75) is 19.8 Å². The summed E-state index contributed by atoms with van der Waals surface area (Å²) in [6.45, 7) is 3.73. The summed E-state index contributed by atoms with van der Waals surface area (Å²) in [6, 6.07) is 6.95. The number of amides is 1. The Hall–Kier alpha value is -3.35. The smallest absolute Gasteiger partial charge is 0.355 e. The van der Waals surface area contributed by atoms with Crippen LogP contribution in [0.1, 0.15) is 30.1 Å². The Balaban J connectivity index is 1.91. The molecule has 0 aromatic heterocycles. The minimum absolute atomic E-state index is 0.000471. The van der Waals surface area contributed by atoms with Gasteiger partial charge in [0.1, 0.15) is 5.70 Å². The molecule has 1 aromatic carbocycles. The maximum Gasteiger partial charge on any atom is 0.355 e. The van der Waals surface area contributed by atoms with Crippen molar-refractivity contribution in [3.63, 3.8) is 0 Å². The maximum absolute atomic E-state index is 12.8. The lowest BCUT2D eigenvalue weighted by Crippen LogP contribution is -2.37. The van der Waals surface area contributed by atoms with Crippen molar-refractivity contribution in [3.8, 4) is 0 Å². The van der Waals surface area contributed by atoms with Crippen molar-refractivity contribution >= 4 is 23.5 Å². The Bertz CT molecular complexity index is 906. The van der Waals surface area contributed by atoms with Crippen LogP contribution in [0.3, 0.4) is 0 Å². The van der Waals surface area contributed by atoms with E-state index in [2.05, 4.69) is 6.92 Å². The van der Waals surface area contributed by atoms with E-state index in [9.17, 15) is 14.4 Å². The maximum atomic E-state index is 12.8. The number of benzene rings is 1. The second kappa shape index (κ2) is 9.43. The van der Waals surface area contributed by atoms with Gasteiger partial charge in [0, 0.05) is 30.5 Å². The number of nitrogens with zero attached hydrogens (tertiary/aromatic N) is 2. The summed E-state index contributed by atoms with van der Waals surface area (Å²) in [5.74, 6) is -0.673. The first-order valence-electron chi connectivity index (χ1n) is 9.90. The molecular weight excluding hydrogens is 384 g/mol. The van der Waals surface area contributed by atoms with Crippen molar-refractivity contribution in [1.29, 1.82) is 0 Å². The first-order valence-corrected chi connectivity index (χ1v) is 9.90. The number of ether oxygens (including phenoxy) is 2. The molecule has 1 amide bonds. The molecular formula is C23H26N2O5. The number of carbonyl (C=O) groups is 3. The highest BCUT2D eigenvalue weighted by Crippen LogP contribution is 2.27. The molecule has 30 heavy (non-hydrogen) atoms. The number of rotatable bonds is 4. The quantitative estimate of drug-likeness (QED) is 0.710. The zero-order chi connectivity index (χ0) is 21.7. The molecule has 158 valence electrons. The normalized spacial score (nSPS) is 17.0. The third-order valence-electron chi connectivity index (χ3n) is 5.35. The molecule has 0 spiro atoms. The second-order valence-corrected chi connectivity index (χ2v) is 7.34. The number of anilines is 1. The number of methoxy groups -OCH3 is 2. The largest absolute Gasteiger partial charge is 0.465 e. The van der Waals surface area contributed by atoms with E-state index in [1.165, 1.54) is 20.3 Å². The molecule has 7 heteroatoms. The van der Waals surface area contributed by atoms with E-state index in [0.717, 1.165) is 25.9 Å². The Morgan fingerprint density at radius 3 is 2.17 bits per heavy atom. The summed E-state index contributed by atoms with van der Waals surface area (Å²) in [7, 11) is 2.50. The third-order valence-corrected chi connectivity index (χ3v) is 5.35. The summed E-state index contributed by atoms with van der Waals surface area (Å²) in [5, 5.41) is 0. The monoisotopic (exact) mass is 410 g/mol. The van der Waals surface area contributed by atoms with Gasteiger partial charge in [-0.25, -0.2) is 9.59 Å². The SMILES string of the molecule is COC(=O)C1=C(C(=O)OC)N(c2ccc(C(=O)N3CCC(C)CC3)cc2)C=CC=C1. The molecule has 0 aliphatic carbocycles. The number of likely N-dealkylation sites (tertiary alicyclic amines) is 1. The molecule has 0 atom stereocenters. The predicted octanol–water partition coefficient (Wildman–Crippen LogP) is 3.05. The summed E-state index contributed by atoms with van der Waals surface area (Å²) in [5.41, 5.74) is 1.32. The van der Waals surface area contributed by atoms with E-state index in [4.69, 9.17) is 9.47 Å². The van der Waals surface area contributed by atoms with Crippen molar-refractivity contribution in [1.82, 2.24) is 4.90 Å². The van der Waals surface area contributed by atoms with Crippen molar-refractivity contribution in [3.05, 3.63) is 65.5 Å². The highest BCUT2D eigenvalue weighted by Gasteiger charge is 2.28. The number of hydrogen-bond donors (Lipinski definition) is 0. The fourth-order valence-electron chi connectivity index (χ4n) is 3.52. The standard InChI is InChI=1S/C23H26N2O5/c1-16-11-14-24(15-12-16)21(26)17-7-9-18(10-8-17)25-13-5-4-6-19(22(27)29-2)20(25)23(28)30-3/h4-10,13,16H,11-12,14-15H2,1-3H3. The molecule has 0 radical (unpaired) electrons. The molecule has 1 fully saturated rings. The van der Waals surface area contributed by atoms with Crippen molar-refractivity contribution in [2.75, 3.05) is 32.2 Å². The van der Waals surface area contributed by atoms with Crippen LogP contribution in [-0.2, 0) is 19.1 Å². The van der Waals surface area contributed by atoms with Gasteiger partial charge in [0.05, 0.1) is 19.8 Å². The van der Waals surface area contributed by atoms with E-state index in [-0.39, 0.29) is 17.2 Å². The molecule has 1 aromatic rings. The molecule has 0 N–H and O–H groups in total. The lowest BCUT2D eigenvalue weighted by Gasteiger charge is -2.30. The van der Waals surface area contributed by atoms with Crippen LogP contribution < -0.4 is 4.90 Å². The molecule has 3 rings (SSSR count). The fraction of sp³-hybridized carbons (Fsp3) is 0.348. The van der Waals surface area contributed by atoms with Crippen LogP contribution in [-0.4, -0.2) is 50.1 Å². The first kappa shape index (κ1) is 21.4. The summed E-state index contributed by atoms with van der Waals surface area (Å²) in [4.78, 5) is 40.9. The molecule has 2 aliphatic heterocycles. The van der Waals surface area contributed by atoms with Gasteiger partial charge in [0.2, 0.25) is 0 Å². The van der Waals surface area contributed by atoms with Gasteiger partial charge in [-0.15, -0.1) is 0 Å². The topological polar surface area (TPSA) is 76.2 Å². The molecule has 1 saturated heterocycles. The average molecular weight is 410 g/mol. The van der Waals surface area contributed by atoms with Gasteiger partial charge in [-0.2, -0.15) is 0 Å². The van der Waals surface area contributed by atoms with Crippen molar-refractivity contribution in [2.24, 2.45) is 5.92 Å². The van der Waals surface area contributed by atoms with Gasteiger partial charge in [0.25, 0.3) is 5.91 Å². The summed E-state index contributed by atoms with van der Waals surface area (Å²) in [6.07, 6.45) is 8.53. The summed E-state index contributed by atoms with van der Waals surface area (Å²) < 4.78 is 9.72. The van der Waals surface area contributed by atoms with Gasteiger partial charge in [-0.3, -0.25) is 4.79 Å². The van der Waals surface area contributed by atoms with Crippen LogP contribution in [0.25, 0.3) is 0 Å². The Kier molecular flexibility index (Phi) is 6.72. The van der Waals surface area contributed by atoms with Gasteiger partial charge in [-0.05, 0) is 55.2 Å². The number of esters is 2. The highest BCUT2D eigenvalue weighted by atomic mass is 16.5. The number of carbonyl (C=O) groups excluding carboxylic acids is 3. The predicted molar refractivity (Wildman–Crippen MR) is 113 cm³/mol. The molecule has 2 aliphatic rings. The van der Waals surface area contributed by atoms with Gasteiger partial charge in [-0.1, -0.05) is 13.0 Å². The highest BCUT2D eigenvalue weighted by molar-refractivity contribution is 6.05. The second-order valence-electron chi connectivity index (χ2n) is 7.34. The van der Waals surface area contributed by atoms with E-state index in [1.807, 2.05) is 4.90 Å². The van der Waals surface area contributed by atoms with Crippen LogP contribution >= 0.6 is 0 Å². The summed E-state index contributed by atoms with van der Waals surface area (Å²) >= 11 is 0. The third kappa shape index (κ3) is 4.45. The molecule has 0 bridgehead atoms. The van der Waals surface area contributed by atoms with Crippen LogP contribution in [0.2, 0.25) is 0 Å². The molecule has 0 saturated carbocycles. The van der Waals surface area contributed by atoms with Gasteiger partial charge in [0.15, 0.2) is 0 Å². The van der Waals surface area contributed by atoms with Crippen LogP contribution in [0.5, 0.6) is 0 Å². The van der Waals surface area contributed by atoms with Crippen LogP contribution in [0, 0.1) is 5.92 Å². The minimum Gasteiger partial charge on any atom is -0.465 e. The van der Waals surface area contributed by atoms with Crippen LogP contribution in [0.4, 0.5) is 5.69 Å². The zero-order valence-corrected chi connectivity index (χ0v) is 17.5. The lowest BCUT2D eigenvalue weighted by molar-refractivity contribution is -0.139. The first-order chi connectivity index (χ1) is 14.5. The molecule has 2 heterocycles. The van der Waals surface area contributed by atoms with E-state index >= 15 is 0 Å². The Morgan fingerprint density at radius 1 is 0.933 bits per heavy atom. The number of allylic oxidation sites excluding steroid dienone is 2. The van der Waals surface area contributed by atoms with Crippen molar-refractivity contribution < 1.29 is 23.9 Å². The zero-order valence-electron chi connectivity index (χ0n) is 17.5. The Labute approximate surface area is 176 Å². The molecule has 0 unspecified atom stereocenters. The lowest BCUT2D eigenvalue weighted by atomic mass is 9.98. The Morgan fingerprint density at radius 2 is 1.57 bits per heavy atom. The average Bonchev–Trinajstić information content (AvgIpc) is 3.01. The fourth-order valence-corrected chi connectivity index (χ4v) is 3.52. The number of piperidine rings is 1. The van der Waals surface area contributed by atoms with Crippen LogP contribution in [0.15, 0.2) is 60.0 Å². The molecule has 7 nitrogen and oxygen atoms in total. The van der Waals surface area contributed by atoms with E-state index in [1.54, 1.807) is 47.5 Å². The number of hydrogen-bond acceptors (Lipinski definition) is 6. The van der Waals surface area contributed by atoms with E-state index in [0.29, 0.717) is 17.2 Å². The van der Waals surface area contributed by atoms with Gasteiger partial charge >= 0.3 is 11.9 Å².